The Morgan fingerprint density at radius 2 is 1.97 bits per heavy atom. The average Bonchev–Trinajstić information content (AvgIpc) is 3.11. The normalized spacial score (nSPS) is 19.7. The summed E-state index contributed by atoms with van der Waals surface area (Å²) in [5, 5.41) is 19.2. The molecule has 0 unspecified atom stereocenters. The Morgan fingerprint density at radius 3 is 2.66 bits per heavy atom. The zero-order chi connectivity index (χ0) is 21.2. The number of nitrogens with zero attached hydrogens (tertiary/aromatic N) is 2. The van der Waals surface area contributed by atoms with Crippen molar-refractivity contribution in [2.45, 2.75) is 43.9 Å². The molecule has 8 heteroatoms. The van der Waals surface area contributed by atoms with Crippen LogP contribution in [0, 0.1) is 25.2 Å². The van der Waals surface area contributed by atoms with Gasteiger partial charge in [0.05, 0.1) is 22.6 Å². The molecule has 0 aliphatic carbocycles. The van der Waals surface area contributed by atoms with Crippen LogP contribution >= 0.6 is 0 Å². The molecule has 1 aliphatic heterocycles. The Bertz CT molecular complexity index is 1070. The summed E-state index contributed by atoms with van der Waals surface area (Å²) < 4.78 is 32.5. The second-order valence-corrected chi connectivity index (χ2v) is 8.99. The Kier molecular flexibility index (Phi) is 6.03. The fourth-order valence-electron chi connectivity index (χ4n) is 3.27. The third kappa shape index (κ3) is 4.32. The lowest BCUT2D eigenvalue weighted by molar-refractivity contribution is -0.148. The zero-order valence-corrected chi connectivity index (χ0v) is 17.0. The molecule has 1 heterocycles. The molecule has 2 aromatic carbocycles. The highest BCUT2D eigenvalue weighted by molar-refractivity contribution is 7.89. The first-order chi connectivity index (χ1) is 13.7. The van der Waals surface area contributed by atoms with Crippen LogP contribution in [0.25, 0.3) is 0 Å². The minimum absolute atomic E-state index is 0.0389. The summed E-state index contributed by atoms with van der Waals surface area (Å²) in [5.41, 5.74) is 2.69. The molecule has 3 rings (SSSR count). The lowest BCUT2D eigenvalue weighted by atomic mass is 10.1. The van der Waals surface area contributed by atoms with E-state index in [1.165, 1.54) is 6.07 Å². The van der Waals surface area contributed by atoms with E-state index in [9.17, 15) is 18.3 Å². The van der Waals surface area contributed by atoms with Crippen molar-refractivity contribution in [2.24, 2.45) is 0 Å². The van der Waals surface area contributed by atoms with Gasteiger partial charge in [-0.1, -0.05) is 24.3 Å². The topological polar surface area (TPSA) is 108 Å². The molecule has 2 atom stereocenters. The Hall–Kier alpha value is -2.73. The van der Waals surface area contributed by atoms with Crippen LogP contribution in [0.1, 0.15) is 28.7 Å². The number of β-amino-alcohol motifs (C(OH)–C–C–N with tert-alkyl or cyclic N) is 1. The number of ether oxygens (including phenoxy) is 1. The highest BCUT2D eigenvalue weighted by Gasteiger charge is 2.44. The first-order valence-corrected chi connectivity index (χ1v) is 10.6. The third-order valence-corrected chi connectivity index (χ3v) is 6.97. The molecule has 29 heavy (non-hydrogen) atoms. The van der Waals surface area contributed by atoms with Gasteiger partial charge in [0.25, 0.3) is 0 Å². The van der Waals surface area contributed by atoms with Gasteiger partial charge in [-0.3, -0.25) is 4.79 Å². The summed E-state index contributed by atoms with van der Waals surface area (Å²) in [6, 6.07) is 12.4. The second-order valence-electron chi connectivity index (χ2n) is 7.10. The molecule has 1 fully saturated rings. The number of carbonyl (C=O) groups is 1. The molecule has 1 N–H and O–H groups in total. The number of aliphatic hydroxyl groups is 1. The number of hydrogen-bond acceptors (Lipinski definition) is 6. The molecule has 0 aromatic heterocycles. The monoisotopic (exact) mass is 414 g/mol. The average molecular weight is 414 g/mol. The number of benzene rings is 2. The van der Waals surface area contributed by atoms with Crippen molar-refractivity contribution in [1.82, 2.24) is 4.31 Å². The van der Waals surface area contributed by atoms with Crippen molar-refractivity contribution in [3.05, 3.63) is 64.7 Å². The summed E-state index contributed by atoms with van der Waals surface area (Å²) >= 11 is 0. The highest BCUT2D eigenvalue weighted by atomic mass is 32.2. The molecule has 7 nitrogen and oxygen atoms in total. The van der Waals surface area contributed by atoms with Crippen LogP contribution in [0.15, 0.2) is 47.4 Å². The van der Waals surface area contributed by atoms with Gasteiger partial charge in [-0.15, -0.1) is 0 Å². The minimum Gasteiger partial charge on any atom is -0.460 e. The quantitative estimate of drug-likeness (QED) is 0.750. The van der Waals surface area contributed by atoms with E-state index in [-0.39, 0.29) is 24.5 Å². The number of hydrogen-bond donors (Lipinski definition) is 1. The van der Waals surface area contributed by atoms with Gasteiger partial charge in [0.15, 0.2) is 0 Å². The second kappa shape index (κ2) is 8.33. The van der Waals surface area contributed by atoms with E-state index in [0.717, 1.165) is 15.4 Å². The summed E-state index contributed by atoms with van der Waals surface area (Å²) in [7, 11) is -3.98. The first kappa shape index (κ1) is 21.0. The third-order valence-electron chi connectivity index (χ3n) is 5.10. The number of aliphatic hydroxyl groups excluding tert-OH is 1. The molecule has 1 aliphatic rings. The fourth-order valence-corrected chi connectivity index (χ4v) is 4.99. The molecule has 0 amide bonds. The van der Waals surface area contributed by atoms with Crippen molar-refractivity contribution in [1.29, 1.82) is 5.26 Å². The molecule has 152 valence electrons. The van der Waals surface area contributed by atoms with Crippen LogP contribution in [0.5, 0.6) is 0 Å². The molecular weight excluding hydrogens is 392 g/mol. The van der Waals surface area contributed by atoms with Gasteiger partial charge in [0.2, 0.25) is 10.0 Å². The van der Waals surface area contributed by atoms with E-state index in [4.69, 9.17) is 10.00 Å². The molecule has 0 spiro atoms. The van der Waals surface area contributed by atoms with Crippen molar-refractivity contribution in [3.63, 3.8) is 0 Å². The van der Waals surface area contributed by atoms with Crippen LogP contribution in [0.2, 0.25) is 0 Å². The lowest BCUT2D eigenvalue weighted by Crippen LogP contribution is -2.41. The lowest BCUT2D eigenvalue weighted by Gasteiger charge is -2.23. The van der Waals surface area contributed by atoms with Gasteiger partial charge >= 0.3 is 5.97 Å². The van der Waals surface area contributed by atoms with Crippen LogP contribution < -0.4 is 0 Å². The van der Waals surface area contributed by atoms with Crippen molar-refractivity contribution < 1.29 is 23.1 Å². The molecule has 1 saturated heterocycles. The largest absolute Gasteiger partial charge is 0.460 e. The molecule has 0 saturated carbocycles. The molecule has 0 radical (unpaired) electrons. The number of aryl methyl sites for hydroxylation is 2. The van der Waals surface area contributed by atoms with Crippen LogP contribution in [0.4, 0.5) is 0 Å². The smallest absolute Gasteiger partial charge is 0.324 e. The highest BCUT2D eigenvalue weighted by Crippen LogP contribution is 2.28. The van der Waals surface area contributed by atoms with E-state index in [1.54, 1.807) is 36.4 Å². The van der Waals surface area contributed by atoms with Gasteiger partial charge in [-0.25, -0.2) is 8.42 Å². The molecule has 0 bridgehead atoms. The Labute approximate surface area is 170 Å². The maximum Gasteiger partial charge on any atom is 0.324 e. The van der Waals surface area contributed by atoms with Gasteiger partial charge in [0, 0.05) is 18.5 Å². The summed E-state index contributed by atoms with van der Waals surface area (Å²) in [4.78, 5) is 12.7. The number of sulfonamides is 1. The van der Waals surface area contributed by atoms with Crippen molar-refractivity contribution >= 4 is 16.0 Å². The summed E-state index contributed by atoms with van der Waals surface area (Å²) in [5.74, 6) is -0.748. The van der Waals surface area contributed by atoms with Gasteiger partial charge in [-0.2, -0.15) is 9.57 Å². The fraction of sp³-hybridized carbons (Fsp3) is 0.333. The number of carbonyl (C=O) groups excluding carboxylic acids is 1. The van der Waals surface area contributed by atoms with Crippen LogP contribution in [-0.4, -0.2) is 42.5 Å². The van der Waals surface area contributed by atoms with Crippen molar-refractivity contribution in [3.8, 4) is 6.07 Å². The van der Waals surface area contributed by atoms with E-state index in [1.807, 2.05) is 19.9 Å². The zero-order valence-electron chi connectivity index (χ0n) is 16.2. The maximum atomic E-state index is 13.1. The number of esters is 1. The Balaban J connectivity index is 1.81. The molecular formula is C21H22N2O5S. The minimum atomic E-state index is -3.98. The van der Waals surface area contributed by atoms with Crippen LogP contribution in [-0.2, 0) is 26.2 Å². The molecule has 2 aromatic rings. The standard InChI is InChI=1S/C21H22N2O5S/c1-14-7-8-19(9-15(14)2)29(26,27)23-12-18(24)10-20(23)21(25)28-13-17-6-4-3-5-16(17)11-22/h3-9,18,20,24H,10,12-13H2,1-2H3/t18-,20+/m1/s1. The van der Waals surface area contributed by atoms with Crippen molar-refractivity contribution in [2.75, 3.05) is 6.54 Å². The summed E-state index contributed by atoms with van der Waals surface area (Å²) in [6.45, 7) is 3.37. The Morgan fingerprint density at radius 1 is 1.24 bits per heavy atom. The van der Waals surface area contributed by atoms with E-state index < -0.39 is 28.1 Å². The van der Waals surface area contributed by atoms with E-state index in [0.29, 0.717) is 11.1 Å². The number of rotatable bonds is 5. The number of nitriles is 1. The predicted molar refractivity (Wildman–Crippen MR) is 105 cm³/mol. The van der Waals surface area contributed by atoms with Crippen LogP contribution in [0.3, 0.4) is 0 Å². The predicted octanol–water partition coefficient (Wildman–Crippen LogP) is 2.04. The van der Waals surface area contributed by atoms with E-state index >= 15 is 0 Å². The first-order valence-electron chi connectivity index (χ1n) is 9.16. The van der Waals surface area contributed by atoms with Gasteiger partial charge in [-0.05, 0) is 43.2 Å². The maximum absolute atomic E-state index is 13.1. The SMILES string of the molecule is Cc1ccc(S(=O)(=O)N2C[C@H](O)C[C@H]2C(=O)OCc2ccccc2C#N)cc1C. The van der Waals surface area contributed by atoms with Gasteiger partial charge in [0.1, 0.15) is 12.6 Å². The summed E-state index contributed by atoms with van der Waals surface area (Å²) in [6.07, 6.45) is -0.997. The van der Waals surface area contributed by atoms with E-state index in [2.05, 4.69) is 0 Å². The van der Waals surface area contributed by atoms with Gasteiger partial charge < -0.3 is 9.84 Å².